The number of hydrogen-bond acceptors (Lipinski definition) is 4. The second kappa shape index (κ2) is 5.35. The van der Waals surface area contributed by atoms with Crippen LogP contribution in [0.1, 0.15) is 19.4 Å². The molecule has 1 aromatic rings. The lowest BCUT2D eigenvalue weighted by atomic mass is 10.1. The fourth-order valence-corrected chi connectivity index (χ4v) is 1.23. The summed E-state index contributed by atoms with van der Waals surface area (Å²) >= 11 is 0. The molecule has 0 N–H and O–H groups in total. The normalized spacial score (nSPS) is 10.5. The molecule has 0 spiro atoms. The van der Waals surface area contributed by atoms with Gasteiger partial charge in [0.05, 0.1) is 13.5 Å². The molecular weight excluding hydrogens is 218 g/mol. The lowest BCUT2D eigenvalue weighted by molar-refractivity contribution is -0.139. The second-order valence-corrected chi connectivity index (χ2v) is 4.12. The van der Waals surface area contributed by atoms with Crippen LogP contribution in [-0.4, -0.2) is 18.7 Å². The van der Waals surface area contributed by atoms with Crippen molar-refractivity contribution < 1.29 is 14.3 Å². The predicted octanol–water partition coefficient (Wildman–Crippen LogP) is 2.08. The molecule has 4 nitrogen and oxygen atoms in total. The number of nitriles is 1. The van der Waals surface area contributed by atoms with Crippen molar-refractivity contribution in [3.05, 3.63) is 29.8 Å². The van der Waals surface area contributed by atoms with Crippen LogP contribution in [0.3, 0.4) is 0 Å². The van der Waals surface area contributed by atoms with Gasteiger partial charge >= 0.3 is 5.97 Å². The average molecular weight is 233 g/mol. The van der Waals surface area contributed by atoms with Crippen molar-refractivity contribution in [2.75, 3.05) is 7.11 Å². The van der Waals surface area contributed by atoms with E-state index in [9.17, 15) is 4.79 Å². The van der Waals surface area contributed by atoms with Gasteiger partial charge in [0.15, 0.2) is 5.60 Å². The molecule has 4 heteroatoms. The van der Waals surface area contributed by atoms with Crippen molar-refractivity contribution >= 4 is 5.97 Å². The van der Waals surface area contributed by atoms with Gasteiger partial charge in [0.25, 0.3) is 0 Å². The van der Waals surface area contributed by atoms with E-state index in [2.05, 4.69) is 4.74 Å². The molecule has 0 radical (unpaired) electrons. The van der Waals surface area contributed by atoms with Crippen LogP contribution < -0.4 is 4.74 Å². The Morgan fingerprint density at radius 2 is 1.94 bits per heavy atom. The molecule has 0 atom stereocenters. The van der Waals surface area contributed by atoms with E-state index in [0.29, 0.717) is 5.75 Å². The fraction of sp³-hybridized carbons (Fsp3) is 0.385. The van der Waals surface area contributed by atoms with Crippen molar-refractivity contribution in [2.45, 2.75) is 25.9 Å². The summed E-state index contributed by atoms with van der Waals surface area (Å²) in [5, 5.41) is 8.82. The summed E-state index contributed by atoms with van der Waals surface area (Å²) in [7, 11) is 1.36. The number of carbonyl (C=O) groups excluding carboxylic acids is 1. The summed E-state index contributed by atoms with van der Waals surface area (Å²) in [5.74, 6) is 0.321. The fourth-order valence-electron chi connectivity index (χ4n) is 1.23. The number of nitrogens with zero attached hydrogens (tertiary/aromatic N) is 1. The Morgan fingerprint density at radius 3 is 2.41 bits per heavy atom. The van der Waals surface area contributed by atoms with Gasteiger partial charge in [-0.2, -0.15) is 5.26 Å². The number of rotatable bonds is 4. The Kier molecular flexibility index (Phi) is 4.11. The van der Waals surface area contributed by atoms with Gasteiger partial charge in [0, 0.05) is 0 Å². The smallest absolute Gasteiger partial charge is 0.309 e. The van der Waals surface area contributed by atoms with Gasteiger partial charge in [-0.1, -0.05) is 12.1 Å². The number of carbonyl (C=O) groups is 1. The first kappa shape index (κ1) is 13.0. The zero-order valence-corrected chi connectivity index (χ0v) is 10.2. The molecule has 0 saturated heterocycles. The van der Waals surface area contributed by atoms with E-state index < -0.39 is 5.60 Å². The highest BCUT2D eigenvalue weighted by molar-refractivity contribution is 5.72. The van der Waals surface area contributed by atoms with Crippen LogP contribution in [0.25, 0.3) is 0 Å². The molecule has 0 aromatic heterocycles. The third-order valence-electron chi connectivity index (χ3n) is 2.14. The van der Waals surface area contributed by atoms with E-state index in [1.165, 1.54) is 7.11 Å². The molecule has 0 unspecified atom stereocenters. The average Bonchev–Trinajstić information content (AvgIpc) is 2.31. The maximum atomic E-state index is 11.0. The summed E-state index contributed by atoms with van der Waals surface area (Å²) in [4.78, 5) is 11.0. The van der Waals surface area contributed by atoms with Gasteiger partial charge in [-0.15, -0.1) is 0 Å². The van der Waals surface area contributed by atoms with Crippen molar-refractivity contribution in [3.8, 4) is 11.8 Å². The molecule has 0 amide bonds. The lowest BCUT2D eigenvalue weighted by Crippen LogP contribution is -2.25. The minimum Gasteiger partial charge on any atom is -0.473 e. The first-order valence-electron chi connectivity index (χ1n) is 5.23. The van der Waals surface area contributed by atoms with Crippen LogP contribution in [0.4, 0.5) is 0 Å². The highest BCUT2D eigenvalue weighted by Crippen LogP contribution is 2.18. The Bertz CT molecular complexity index is 429. The first-order valence-corrected chi connectivity index (χ1v) is 5.23. The number of esters is 1. The zero-order valence-electron chi connectivity index (χ0n) is 10.2. The topological polar surface area (TPSA) is 59.3 Å². The molecule has 0 aliphatic heterocycles. The van der Waals surface area contributed by atoms with Crippen LogP contribution in [0.2, 0.25) is 0 Å². The molecule has 1 aromatic carbocycles. The maximum absolute atomic E-state index is 11.0. The third kappa shape index (κ3) is 4.15. The lowest BCUT2D eigenvalue weighted by Gasteiger charge is -2.18. The molecule has 17 heavy (non-hydrogen) atoms. The van der Waals surface area contributed by atoms with Crippen molar-refractivity contribution in [2.24, 2.45) is 0 Å². The molecule has 0 bridgehead atoms. The van der Waals surface area contributed by atoms with E-state index in [0.717, 1.165) is 5.56 Å². The molecule has 0 saturated carbocycles. The maximum Gasteiger partial charge on any atom is 0.309 e. The predicted molar refractivity (Wildman–Crippen MR) is 62.5 cm³/mol. The van der Waals surface area contributed by atoms with E-state index in [1.807, 2.05) is 6.07 Å². The van der Waals surface area contributed by atoms with E-state index in [4.69, 9.17) is 10.00 Å². The molecular formula is C13H15NO3. The summed E-state index contributed by atoms with van der Waals surface area (Å²) < 4.78 is 10.0. The summed E-state index contributed by atoms with van der Waals surface area (Å²) in [6.45, 7) is 3.38. The number of hydrogen-bond donors (Lipinski definition) is 0. The van der Waals surface area contributed by atoms with Crippen LogP contribution in [-0.2, 0) is 16.0 Å². The van der Waals surface area contributed by atoms with E-state index >= 15 is 0 Å². The molecule has 1 rings (SSSR count). The minimum atomic E-state index is -0.857. The standard InChI is InChI=1S/C13H15NO3/c1-13(2,9-14)17-11-6-4-10(5-7-11)8-12(15)16-3/h4-7H,8H2,1-3H3. The summed E-state index contributed by atoms with van der Waals surface area (Å²) in [6, 6.07) is 9.07. The summed E-state index contributed by atoms with van der Waals surface area (Å²) in [5.41, 5.74) is -0.0110. The highest BCUT2D eigenvalue weighted by atomic mass is 16.5. The molecule has 0 heterocycles. The zero-order chi connectivity index (χ0) is 12.9. The Balaban J connectivity index is 2.69. The monoisotopic (exact) mass is 233 g/mol. The van der Waals surface area contributed by atoms with E-state index in [-0.39, 0.29) is 12.4 Å². The largest absolute Gasteiger partial charge is 0.473 e. The minimum absolute atomic E-state index is 0.235. The second-order valence-electron chi connectivity index (χ2n) is 4.12. The van der Waals surface area contributed by atoms with Gasteiger partial charge in [-0.3, -0.25) is 4.79 Å². The Morgan fingerprint density at radius 1 is 1.35 bits per heavy atom. The van der Waals surface area contributed by atoms with Gasteiger partial charge in [0.2, 0.25) is 0 Å². The SMILES string of the molecule is COC(=O)Cc1ccc(OC(C)(C)C#N)cc1. The highest BCUT2D eigenvalue weighted by Gasteiger charge is 2.18. The van der Waals surface area contributed by atoms with Gasteiger partial charge in [0.1, 0.15) is 11.8 Å². The van der Waals surface area contributed by atoms with Gasteiger partial charge < -0.3 is 9.47 Å². The molecule has 0 aliphatic rings. The number of ether oxygens (including phenoxy) is 2. The van der Waals surface area contributed by atoms with Crippen molar-refractivity contribution in [1.29, 1.82) is 5.26 Å². The van der Waals surface area contributed by atoms with Gasteiger partial charge in [-0.25, -0.2) is 0 Å². The van der Waals surface area contributed by atoms with Crippen molar-refractivity contribution in [3.63, 3.8) is 0 Å². The van der Waals surface area contributed by atoms with E-state index in [1.54, 1.807) is 38.1 Å². The Hall–Kier alpha value is -2.02. The van der Waals surface area contributed by atoms with Crippen LogP contribution in [0.15, 0.2) is 24.3 Å². The molecule has 90 valence electrons. The molecule has 0 aliphatic carbocycles. The number of benzene rings is 1. The quantitative estimate of drug-likeness (QED) is 0.747. The van der Waals surface area contributed by atoms with Crippen LogP contribution in [0.5, 0.6) is 5.75 Å². The molecule has 0 fully saturated rings. The Labute approximate surface area is 101 Å². The summed E-state index contributed by atoms with van der Waals surface area (Å²) in [6.07, 6.45) is 0.235. The van der Waals surface area contributed by atoms with Crippen molar-refractivity contribution in [1.82, 2.24) is 0 Å². The van der Waals surface area contributed by atoms with Crippen LogP contribution in [0, 0.1) is 11.3 Å². The number of methoxy groups -OCH3 is 1. The van der Waals surface area contributed by atoms with Gasteiger partial charge in [-0.05, 0) is 31.5 Å². The first-order chi connectivity index (χ1) is 7.96. The van der Waals surface area contributed by atoms with Crippen LogP contribution >= 0.6 is 0 Å². The third-order valence-corrected chi connectivity index (χ3v) is 2.14.